The summed E-state index contributed by atoms with van der Waals surface area (Å²) in [6.45, 7) is 0.829. The molecule has 0 spiro atoms. The van der Waals surface area contributed by atoms with Crippen molar-refractivity contribution in [3.8, 4) is 0 Å². The molecule has 0 saturated carbocycles. The zero-order valence-electron chi connectivity index (χ0n) is 17.9. The summed E-state index contributed by atoms with van der Waals surface area (Å²) in [5, 5.41) is 35.0. The summed E-state index contributed by atoms with van der Waals surface area (Å²) in [7, 11) is 0. The predicted molar refractivity (Wildman–Crippen MR) is 116 cm³/mol. The molecular weight excluding hydrogens is 430 g/mol. The molecule has 12 nitrogen and oxygen atoms in total. The average Bonchev–Trinajstić information content (AvgIpc) is 2.72. The Kier molecular flexibility index (Phi) is 14.8. The van der Waals surface area contributed by atoms with Crippen molar-refractivity contribution in [1.82, 2.24) is 16.0 Å². The van der Waals surface area contributed by atoms with Gasteiger partial charge in [-0.15, -0.1) is 0 Å². The first-order valence-electron chi connectivity index (χ1n) is 9.96. The summed E-state index contributed by atoms with van der Waals surface area (Å²) in [6.07, 6.45) is 2.11. The average molecular weight is 466 g/mol. The Bertz CT molecular complexity index is 594. The van der Waals surface area contributed by atoms with Crippen LogP contribution in [0.15, 0.2) is 0 Å². The Morgan fingerprint density at radius 2 is 1.58 bits per heavy atom. The Balaban J connectivity index is 5.28. The van der Waals surface area contributed by atoms with Gasteiger partial charge in [0.2, 0.25) is 17.7 Å². The van der Waals surface area contributed by atoms with E-state index < -0.39 is 60.6 Å². The summed E-state index contributed by atoms with van der Waals surface area (Å²) in [6, 6.07) is -4.93. The number of nitrogens with one attached hydrogen (secondary N) is 3. The second kappa shape index (κ2) is 15.8. The van der Waals surface area contributed by atoms with Gasteiger partial charge in [0.25, 0.3) is 0 Å². The third-order valence-corrected chi connectivity index (χ3v) is 5.05. The minimum absolute atomic E-state index is 0.139. The Hall–Kier alpha value is -1.93. The highest BCUT2D eigenvalue weighted by atomic mass is 32.2. The van der Waals surface area contributed by atoms with Gasteiger partial charge in [0.1, 0.15) is 18.1 Å². The molecule has 5 atom stereocenters. The highest BCUT2D eigenvalue weighted by Crippen LogP contribution is 2.05. The van der Waals surface area contributed by atoms with E-state index in [1.807, 2.05) is 6.26 Å². The Labute approximate surface area is 185 Å². The van der Waals surface area contributed by atoms with Crippen LogP contribution >= 0.6 is 11.8 Å². The molecule has 10 N–H and O–H groups in total. The molecule has 0 aromatic rings. The van der Waals surface area contributed by atoms with Crippen LogP contribution in [0.3, 0.4) is 0 Å². The molecule has 0 saturated heterocycles. The highest BCUT2D eigenvalue weighted by molar-refractivity contribution is 7.98. The number of carbonyl (C=O) groups excluding carboxylic acids is 3. The second-order valence-electron chi connectivity index (χ2n) is 7.04. The standard InChI is InChI=1S/C18H35N5O7S/c1-10(25)14(23-15(26)11(20)6-8-31-2)17(28)21-12(5-3-4-7-19)16(27)22-13(9-24)18(29)30/h10-14,24-25H,3-9,19-20H2,1-2H3,(H,21,28)(H,22,27)(H,23,26)(H,29,30). The number of hydrogen-bond donors (Lipinski definition) is 8. The van der Waals surface area contributed by atoms with Crippen molar-refractivity contribution in [3.05, 3.63) is 0 Å². The fourth-order valence-corrected chi connectivity index (χ4v) is 3.01. The lowest BCUT2D eigenvalue weighted by molar-refractivity contribution is -0.143. The molecule has 180 valence electrons. The molecular formula is C18H35N5O7S. The van der Waals surface area contributed by atoms with E-state index in [1.54, 1.807) is 0 Å². The zero-order chi connectivity index (χ0) is 24.0. The van der Waals surface area contributed by atoms with Crippen LogP contribution in [0.5, 0.6) is 0 Å². The first-order valence-corrected chi connectivity index (χ1v) is 11.4. The van der Waals surface area contributed by atoms with E-state index in [4.69, 9.17) is 21.7 Å². The minimum Gasteiger partial charge on any atom is -0.480 e. The third-order valence-electron chi connectivity index (χ3n) is 4.41. The number of aliphatic hydroxyl groups excluding tert-OH is 2. The fraction of sp³-hybridized carbons (Fsp3) is 0.778. The van der Waals surface area contributed by atoms with Crippen LogP contribution < -0.4 is 27.4 Å². The summed E-state index contributed by atoms with van der Waals surface area (Å²) < 4.78 is 0. The van der Waals surface area contributed by atoms with Gasteiger partial charge in [-0.3, -0.25) is 14.4 Å². The molecule has 31 heavy (non-hydrogen) atoms. The van der Waals surface area contributed by atoms with E-state index in [-0.39, 0.29) is 6.42 Å². The van der Waals surface area contributed by atoms with Crippen molar-refractivity contribution in [2.45, 2.75) is 62.9 Å². The van der Waals surface area contributed by atoms with Gasteiger partial charge in [0, 0.05) is 0 Å². The summed E-state index contributed by atoms with van der Waals surface area (Å²) in [4.78, 5) is 48.5. The molecule has 3 amide bonds. The lowest BCUT2D eigenvalue weighted by Crippen LogP contribution is -2.60. The zero-order valence-corrected chi connectivity index (χ0v) is 18.7. The van der Waals surface area contributed by atoms with E-state index in [9.17, 15) is 24.3 Å². The molecule has 0 radical (unpaired) electrons. The van der Waals surface area contributed by atoms with Gasteiger partial charge in [-0.05, 0) is 51.2 Å². The third kappa shape index (κ3) is 11.3. The lowest BCUT2D eigenvalue weighted by atomic mass is 10.1. The maximum absolute atomic E-state index is 12.7. The maximum atomic E-state index is 12.7. The monoisotopic (exact) mass is 465 g/mol. The van der Waals surface area contributed by atoms with Crippen molar-refractivity contribution < 1.29 is 34.5 Å². The van der Waals surface area contributed by atoms with Crippen LogP contribution in [0.25, 0.3) is 0 Å². The van der Waals surface area contributed by atoms with E-state index in [1.165, 1.54) is 18.7 Å². The van der Waals surface area contributed by atoms with Gasteiger partial charge >= 0.3 is 5.97 Å². The molecule has 5 unspecified atom stereocenters. The quantitative estimate of drug-likeness (QED) is 0.109. The number of carboxylic acids is 1. The molecule has 0 rings (SSSR count). The molecule has 0 bridgehead atoms. The number of carboxylic acid groups (broad SMARTS) is 1. The van der Waals surface area contributed by atoms with Crippen LogP contribution in [0, 0.1) is 0 Å². The Morgan fingerprint density at radius 3 is 2.06 bits per heavy atom. The van der Waals surface area contributed by atoms with Crippen molar-refractivity contribution in [3.63, 3.8) is 0 Å². The van der Waals surface area contributed by atoms with E-state index in [0.717, 1.165) is 0 Å². The first kappa shape index (κ1) is 29.1. The molecule has 0 aliphatic heterocycles. The van der Waals surface area contributed by atoms with Crippen molar-refractivity contribution in [2.75, 3.05) is 25.2 Å². The summed E-state index contributed by atoms with van der Waals surface area (Å²) in [5.41, 5.74) is 11.2. The maximum Gasteiger partial charge on any atom is 0.328 e. The van der Waals surface area contributed by atoms with Crippen molar-refractivity contribution >= 4 is 35.5 Å². The number of thioether (sulfide) groups is 1. The first-order chi connectivity index (χ1) is 14.6. The number of unbranched alkanes of at least 4 members (excludes halogenated alkanes) is 1. The fourth-order valence-electron chi connectivity index (χ4n) is 2.52. The van der Waals surface area contributed by atoms with Crippen molar-refractivity contribution in [2.24, 2.45) is 11.5 Å². The highest BCUT2D eigenvalue weighted by Gasteiger charge is 2.32. The molecule has 0 aliphatic carbocycles. The predicted octanol–water partition coefficient (Wildman–Crippen LogP) is -2.89. The van der Waals surface area contributed by atoms with E-state index in [0.29, 0.717) is 31.6 Å². The smallest absolute Gasteiger partial charge is 0.328 e. The molecule has 0 aromatic heterocycles. The number of carbonyl (C=O) groups is 4. The summed E-state index contributed by atoms with van der Waals surface area (Å²) >= 11 is 1.51. The van der Waals surface area contributed by atoms with Gasteiger partial charge < -0.3 is 42.7 Å². The van der Waals surface area contributed by atoms with Crippen molar-refractivity contribution in [1.29, 1.82) is 0 Å². The SMILES string of the molecule is CSCCC(N)C(=O)NC(C(=O)NC(CCCCN)C(=O)NC(CO)C(=O)O)C(C)O. The van der Waals surface area contributed by atoms with Crippen LogP contribution in [-0.4, -0.2) is 94.4 Å². The van der Waals surface area contributed by atoms with E-state index >= 15 is 0 Å². The molecule has 0 fully saturated rings. The summed E-state index contributed by atoms with van der Waals surface area (Å²) in [5.74, 6) is -3.07. The molecule has 0 aliphatic rings. The number of rotatable bonds is 16. The molecule has 0 aromatic carbocycles. The number of nitrogens with two attached hydrogens (primary N) is 2. The van der Waals surface area contributed by atoms with Gasteiger partial charge in [-0.1, -0.05) is 0 Å². The number of aliphatic hydroxyl groups is 2. The lowest BCUT2D eigenvalue weighted by Gasteiger charge is -2.26. The van der Waals surface area contributed by atoms with Crippen LogP contribution in [0.1, 0.15) is 32.6 Å². The van der Waals surface area contributed by atoms with Crippen LogP contribution in [-0.2, 0) is 19.2 Å². The number of aliphatic carboxylic acids is 1. The van der Waals surface area contributed by atoms with E-state index in [2.05, 4.69) is 16.0 Å². The van der Waals surface area contributed by atoms with Gasteiger partial charge in [-0.2, -0.15) is 11.8 Å². The van der Waals surface area contributed by atoms with Crippen LogP contribution in [0.2, 0.25) is 0 Å². The van der Waals surface area contributed by atoms with Crippen LogP contribution in [0.4, 0.5) is 0 Å². The van der Waals surface area contributed by atoms with Gasteiger partial charge in [0.15, 0.2) is 0 Å². The molecule has 13 heteroatoms. The topological polar surface area (TPSA) is 217 Å². The minimum atomic E-state index is -1.54. The Morgan fingerprint density at radius 1 is 0.968 bits per heavy atom. The molecule has 0 heterocycles. The van der Waals surface area contributed by atoms with Gasteiger partial charge in [0.05, 0.1) is 18.8 Å². The second-order valence-corrected chi connectivity index (χ2v) is 8.03. The van der Waals surface area contributed by atoms with Gasteiger partial charge in [-0.25, -0.2) is 4.79 Å². The number of hydrogen-bond acceptors (Lipinski definition) is 9. The normalized spacial score (nSPS) is 15.8. The largest absolute Gasteiger partial charge is 0.480 e. The number of amides is 3.